The predicted molar refractivity (Wildman–Crippen MR) is 76.2 cm³/mol. The van der Waals surface area contributed by atoms with Crippen molar-refractivity contribution in [1.29, 1.82) is 0 Å². The molecule has 0 spiro atoms. The van der Waals surface area contributed by atoms with E-state index in [-0.39, 0.29) is 11.7 Å². The molecule has 1 amide bonds. The van der Waals surface area contributed by atoms with E-state index in [0.29, 0.717) is 18.8 Å². The molecule has 0 N–H and O–H groups in total. The fourth-order valence-corrected chi connectivity index (χ4v) is 2.21. The van der Waals surface area contributed by atoms with Gasteiger partial charge in [-0.2, -0.15) is 0 Å². The number of carbonyl (C=O) groups is 1. The average molecular weight is 323 g/mol. The first-order valence-electron chi connectivity index (χ1n) is 6.03. The van der Waals surface area contributed by atoms with Gasteiger partial charge in [-0.25, -0.2) is 0 Å². The summed E-state index contributed by atoms with van der Waals surface area (Å²) in [7, 11) is 0. The number of aromatic nitrogens is 1. The van der Waals surface area contributed by atoms with Crippen molar-refractivity contribution in [2.24, 2.45) is 0 Å². The third-order valence-corrected chi connectivity index (χ3v) is 3.05. The van der Waals surface area contributed by atoms with E-state index < -0.39 is 0 Å². The van der Waals surface area contributed by atoms with Crippen LogP contribution in [0.1, 0.15) is 21.8 Å². The van der Waals surface area contributed by atoms with E-state index in [1.807, 2.05) is 30.3 Å². The van der Waals surface area contributed by atoms with Crippen LogP contribution >= 0.6 is 15.9 Å². The Morgan fingerprint density at radius 1 is 1.37 bits per heavy atom. The minimum Gasteiger partial charge on any atom is -0.351 e. The Labute approximate surface area is 120 Å². The Morgan fingerprint density at radius 3 is 2.68 bits per heavy atom. The Balaban J connectivity index is 2.13. The molecule has 0 bridgehead atoms. The van der Waals surface area contributed by atoms with Gasteiger partial charge in [0.15, 0.2) is 0 Å². The summed E-state index contributed by atoms with van der Waals surface area (Å²) in [5.41, 5.74) is 1.80. The number of benzene rings is 1. The largest absolute Gasteiger partial charge is 0.351 e. The van der Waals surface area contributed by atoms with Crippen LogP contribution in [0.25, 0.3) is 0 Å². The Bertz CT molecular complexity index is 539. The zero-order valence-electron chi connectivity index (χ0n) is 10.7. The lowest BCUT2D eigenvalue weighted by molar-refractivity contribution is 0.0712. The molecule has 0 saturated heterocycles. The van der Waals surface area contributed by atoms with Gasteiger partial charge in [0.2, 0.25) is 5.76 Å². The lowest BCUT2D eigenvalue weighted by Crippen LogP contribution is -2.32. The normalized spacial score (nSPS) is 10.4. The number of carbonyl (C=O) groups excluding carboxylic acids is 1. The highest BCUT2D eigenvalue weighted by Gasteiger charge is 2.19. The van der Waals surface area contributed by atoms with Crippen molar-refractivity contribution in [3.63, 3.8) is 0 Å². The minimum atomic E-state index is -0.135. The third-order valence-electron chi connectivity index (χ3n) is 2.70. The number of amides is 1. The van der Waals surface area contributed by atoms with Crippen molar-refractivity contribution < 1.29 is 9.32 Å². The van der Waals surface area contributed by atoms with Crippen molar-refractivity contribution in [3.8, 4) is 0 Å². The van der Waals surface area contributed by atoms with Gasteiger partial charge in [-0.1, -0.05) is 51.4 Å². The van der Waals surface area contributed by atoms with Gasteiger partial charge in [-0.15, -0.1) is 0 Å². The highest BCUT2D eigenvalue weighted by molar-refractivity contribution is 9.09. The van der Waals surface area contributed by atoms with Crippen LogP contribution in [0, 0.1) is 6.92 Å². The van der Waals surface area contributed by atoms with Crippen LogP contribution in [-0.4, -0.2) is 27.8 Å². The van der Waals surface area contributed by atoms with E-state index in [0.717, 1.165) is 10.9 Å². The van der Waals surface area contributed by atoms with E-state index in [4.69, 9.17) is 4.52 Å². The zero-order chi connectivity index (χ0) is 13.7. The summed E-state index contributed by atoms with van der Waals surface area (Å²) in [4.78, 5) is 14.1. The molecule has 2 rings (SSSR count). The summed E-state index contributed by atoms with van der Waals surface area (Å²) < 4.78 is 5.03. The first kappa shape index (κ1) is 13.8. The molecule has 19 heavy (non-hydrogen) atoms. The van der Waals surface area contributed by atoms with E-state index in [9.17, 15) is 4.79 Å². The molecule has 0 saturated carbocycles. The van der Waals surface area contributed by atoms with Gasteiger partial charge in [0.25, 0.3) is 5.91 Å². The van der Waals surface area contributed by atoms with Gasteiger partial charge in [-0.3, -0.25) is 4.79 Å². The highest BCUT2D eigenvalue weighted by atomic mass is 79.9. The fraction of sp³-hybridized carbons (Fsp3) is 0.286. The van der Waals surface area contributed by atoms with Crippen molar-refractivity contribution in [2.75, 3.05) is 11.9 Å². The fourth-order valence-electron chi connectivity index (χ4n) is 1.78. The maximum Gasteiger partial charge on any atom is 0.292 e. The Hall–Kier alpha value is -1.62. The monoisotopic (exact) mass is 322 g/mol. The first-order valence-corrected chi connectivity index (χ1v) is 7.15. The van der Waals surface area contributed by atoms with Gasteiger partial charge in [0.05, 0.1) is 5.69 Å². The van der Waals surface area contributed by atoms with Crippen molar-refractivity contribution in [3.05, 3.63) is 53.4 Å². The molecule has 0 fully saturated rings. The molecular weight excluding hydrogens is 308 g/mol. The number of nitrogens with zero attached hydrogens (tertiary/aromatic N) is 2. The molecule has 5 heteroatoms. The van der Waals surface area contributed by atoms with E-state index in [1.54, 1.807) is 17.9 Å². The molecule has 0 aliphatic carbocycles. The molecule has 2 aromatic rings. The second kappa shape index (κ2) is 6.52. The lowest BCUT2D eigenvalue weighted by atomic mass is 10.2. The van der Waals surface area contributed by atoms with Crippen LogP contribution in [0.3, 0.4) is 0 Å². The summed E-state index contributed by atoms with van der Waals surface area (Å²) >= 11 is 3.37. The van der Waals surface area contributed by atoms with E-state index in [1.165, 1.54) is 0 Å². The Kier molecular flexibility index (Phi) is 4.74. The molecule has 0 unspecified atom stereocenters. The van der Waals surface area contributed by atoms with Crippen LogP contribution in [-0.2, 0) is 6.54 Å². The average Bonchev–Trinajstić information content (AvgIpc) is 2.85. The van der Waals surface area contributed by atoms with Gasteiger partial charge in [0, 0.05) is 24.5 Å². The molecule has 0 aliphatic rings. The number of halogens is 1. The smallest absolute Gasteiger partial charge is 0.292 e. The van der Waals surface area contributed by atoms with Crippen molar-refractivity contribution in [2.45, 2.75) is 13.5 Å². The van der Waals surface area contributed by atoms with Crippen molar-refractivity contribution in [1.82, 2.24) is 10.1 Å². The van der Waals surface area contributed by atoms with Crippen LogP contribution < -0.4 is 0 Å². The molecule has 0 atom stereocenters. The number of alkyl halides is 1. The van der Waals surface area contributed by atoms with Crippen molar-refractivity contribution >= 4 is 21.8 Å². The van der Waals surface area contributed by atoms with Crippen LogP contribution in [0.5, 0.6) is 0 Å². The van der Waals surface area contributed by atoms with Gasteiger partial charge in [0.1, 0.15) is 0 Å². The number of aryl methyl sites for hydroxylation is 1. The SMILES string of the molecule is Cc1cc(C(=O)N(CCBr)Cc2ccccc2)on1. The topological polar surface area (TPSA) is 46.3 Å². The van der Waals surface area contributed by atoms with E-state index >= 15 is 0 Å². The second-order valence-corrected chi connectivity index (χ2v) is 5.03. The summed E-state index contributed by atoms with van der Waals surface area (Å²) in [5.74, 6) is 0.151. The zero-order valence-corrected chi connectivity index (χ0v) is 12.3. The quantitative estimate of drug-likeness (QED) is 0.795. The second-order valence-electron chi connectivity index (χ2n) is 4.23. The maximum absolute atomic E-state index is 12.3. The summed E-state index contributed by atoms with van der Waals surface area (Å²) in [6.07, 6.45) is 0. The summed E-state index contributed by atoms with van der Waals surface area (Å²) in [6.45, 7) is 2.98. The van der Waals surface area contributed by atoms with Crippen LogP contribution in [0.2, 0.25) is 0 Å². The molecule has 0 aliphatic heterocycles. The standard InChI is InChI=1S/C14H15BrN2O2/c1-11-9-13(19-16-11)14(18)17(8-7-15)10-12-5-3-2-4-6-12/h2-6,9H,7-8,10H2,1H3. The Morgan fingerprint density at radius 2 is 2.11 bits per heavy atom. The maximum atomic E-state index is 12.3. The molecule has 4 nitrogen and oxygen atoms in total. The molecule has 0 radical (unpaired) electrons. The number of hydrogen-bond acceptors (Lipinski definition) is 3. The van der Waals surface area contributed by atoms with Gasteiger partial charge >= 0.3 is 0 Å². The minimum absolute atomic E-state index is 0.135. The van der Waals surface area contributed by atoms with E-state index in [2.05, 4.69) is 21.1 Å². The van der Waals surface area contributed by atoms with Gasteiger partial charge in [-0.05, 0) is 12.5 Å². The molecule has 1 heterocycles. The summed E-state index contributed by atoms with van der Waals surface area (Å²) in [5, 5.41) is 4.47. The first-order chi connectivity index (χ1) is 9.20. The third kappa shape index (κ3) is 3.67. The molecule has 1 aromatic carbocycles. The highest BCUT2D eigenvalue weighted by Crippen LogP contribution is 2.11. The molecule has 100 valence electrons. The number of rotatable bonds is 5. The lowest BCUT2D eigenvalue weighted by Gasteiger charge is -2.20. The summed E-state index contributed by atoms with van der Waals surface area (Å²) in [6, 6.07) is 11.5. The predicted octanol–water partition coefficient (Wildman–Crippen LogP) is 3.02. The van der Waals surface area contributed by atoms with Crippen LogP contribution in [0.15, 0.2) is 40.9 Å². The molecular formula is C14H15BrN2O2. The molecule has 1 aromatic heterocycles. The number of hydrogen-bond donors (Lipinski definition) is 0. The van der Waals surface area contributed by atoms with Gasteiger partial charge < -0.3 is 9.42 Å². The van der Waals surface area contributed by atoms with Crippen LogP contribution in [0.4, 0.5) is 0 Å².